The van der Waals surface area contributed by atoms with E-state index in [1.54, 1.807) is 6.92 Å². The molecular weight excluding hydrogens is 318 g/mol. The molecule has 2 aliphatic heterocycles. The molecule has 0 spiro atoms. The van der Waals surface area contributed by atoms with E-state index in [0.717, 1.165) is 43.5 Å². The quantitative estimate of drug-likeness (QED) is 0.492. The van der Waals surface area contributed by atoms with Crippen LogP contribution in [0.4, 0.5) is 0 Å². The fourth-order valence-electron chi connectivity index (χ4n) is 3.35. The Kier molecular flexibility index (Phi) is 7.17. The Labute approximate surface area is 150 Å². The Hall–Kier alpha value is -1.69. The molecule has 2 rings (SSSR count). The van der Waals surface area contributed by atoms with Crippen LogP contribution in [0.5, 0.6) is 0 Å². The Balaban J connectivity index is 1.70. The van der Waals surface area contributed by atoms with E-state index in [1.165, 1.54) is 31.4 Å². The average molecular weight is 349 g/mol. The van der Waals surface area contributed by atoms with Crippen LogP contribution in [-0.2, 0) is 14.4 Å². The highest BCUT2D eigenvalue weighted by Crippen LogP contribution is 2.13. The Bertz CT molecular complexity index is 504. The second-order valence-corrected chi connectivity index (χ2v) is 7.58. The van der Waals surface area contributed by atoms with Gasteiger partial charge in [0.25, 0.3) is 11.8 Å². The number of nitrogens with zero attached hydrogens (tertiary/aromatic N) is 3. The minimum atomic E-state index is -0.356. The van der Waals surface area contributed by atoms with Gasteiger partial charge < -0.3 is 4.90 Å². The van der Waals surface area contributed by atoms with Crippen LogP contribution >= 0.6 is 0 Å². The topological polar surface area (TPSA) is 60.9 Å². The van der Waals surface area contributed by atoms with Crippen LogP contribution in [0, 0.1) is 11.8 Å². The lowest BCUT2D eigenvalue weighted by molar-refractivity contribution is -0.141. The molecule has 0 bridgehead atoms. The van der Waals surface area contributed by atoms with Crippen molar-refractivity contribution in [1.29, 1.82) is 0 Å². The van der Waals surface area contributed by atoms with Crippen molar-refractivity contribution in [2.45, 2.75) is 40.0 Å². The van der Waals surface area contributed by atoms with Gasteiger partial charge >= 0.3 is 0 Å². The summed E-state index contributed by atoms with van der Waals surface area (Å²) in [6.45, 7) is 10.8. The van der Waals surface area contributed by atoms with Crippen LogP contribution in [0.2, 0.25) is 0 Å². The second kappa shape index (κ2) is 9.13. The number of carbonyl (C=O) groups is 3. The van der Waals surface area contributed by atoms with Gasteiger partial charge in [-0.3, -0.25) is 24.2 Å². The van der Waals surface area contributed by atoms with Gasteiger partial charge in [0, 0.05) is 44.9 Å². The van der Waals surface area contributed by atoms with Crippen molar-refractivity contribution in [1.82, 2.24) is 14.7 Å². The molecule has 140 valence electrons. The molecule has 0 aromatic rings. The maximum Gasteiger partial charge on any atom is 0.253 e. The highest BCUT2D eigenvalue weighted by atomic mass is 16.2. The van der Waals surface area contributed by atoms with Crippen LogP contribution < -0.4 is 0 Å². The molecule has 25 heavy (non-hydrogen) atoms. The lowest BCUT2D eigenvalue weighted by Gasteiger charge is -2.36. The minimum absolute atomic E-state index is 0.0342. The molecule has 1 fully saturated rings. The van der Waals surface area contributed by atoms with Gasteiger partial charge in [0.15, 0.2) is 0 Å². The maximum atomic E-state index is 12.6. The Morgan fingerprint density at radius 3 is 2.16 bits per heavy atom. The number of piperazine rings is 1. The zero-order chi connectivity index (χ0) is 18.4. The minimum Gasteiger partial charge on any atom is -0.340 e. The summed E-state index contributed by atoms with van der Waals surface area (Å²) in [6, 6.07) is 0. The fourth-order valence-corrected chi connectivity index (χ4v) is 3.35. The van der Waals surface area contributed by atoms with Crippen molar-refractivity contribution in [2.24, 2.45) is 11.8 Å². The van der Waals surface area contributed by atoms with E-state index in [4.69, 9.17) is 0 Å². The summed E-state index contributed by atoms with van der Waals surface area (Å²) in [4.78, 5) is 41.2. The van der Waals surface area contributed by atoms with E-state index in [0.29, 0.717) is 0 Å². The first-order valence-corrected chi connectivity index (χ1v) is 9.43. The Morgan fingerprint density at radius 1 is 1.00 bits per heavy atom. The van der Waals surface area contributed by atoms with Crippen LogP contribution in [0.15, 0.2) is 12.2 Å². The van der Waals surface area contributed by atoms with Gasteiger partial charge in [-0.1, -0.05) is 33.6 Å². The maximum absolute atomic E-state index is 12.6. The van der Waals surface area contributed by atoms with Gasteiger partial charge in [-0.25, -0.2) is 0 Å². The molecule has 1 atom stereocenters. The predicted molar refractivity (Wildman–Crippen MR) is 96.7 cm³/mol. The van der Waals surface area contributed by atoms with Crippen LogP contribution in [-0.4, -0.2) is 71.7 Å². The van der Waals surface area contributed by atoms with E-state index < -0.39 is 0 Å². The van der Waals surface area contributed by atoms with E-state index in [-0.39, 0.29) is 30.2 Å². The molecule has 0 aromatic carbocycles. The summed E-state index contributed by atoms with van der Waals surface area (Å²) in [5.41, 5.74) is 0. The first-order chi connectivity index (χ1) is 11.9. The van der Waals surface area contributed by atoms with Crippen molar-refractivity contribution < 1.29 is 14.4 Å². The molecule has 0 aromatic heterocycles. The van der Waals surface area contributed by atoms with Crippen molar-refractivity contribution in [3.63, 3.8) is 0 Å². The summed E-state index contributed by atoms with van der Waals surface area (Å²) >= 11 is 0. The molecule has 6 heteroatoms. The molecule has 0 saturated carbocycles. The highest BCUT2D eigenvalue weighted by Gasteiger charge is 2.30. The zero-order valence-electron chi connectivity index (χ0n) is 15.7. The van der Waals surface area contributed by atoms with E-state index in [9.17, 15) is 14.4 Å². The third-order valence-corrected chi connectivity index (χ3v) is 4.97. The smallest absolute Gasteiger partial charge is 0.253 e. The zero-order valence-corrected chi connectivity index (χ0v) is 15.7. The molecule has 6 nitrogen and oxygen atoms in total. The number of hydrogen-bond donors (Lipinski definition) is 0. The van der Waals surface area contributed by atoms with E-state index in [2.05, 4.69) is 18.7 Å². The first kappa shape index (κ1) is 19.6. The third kappa shape index (κ3) is 5.66. The van der Waals surface area contributed by atoms with Gasteiger partial charge in [0.1, 0.15) is 0 Å². The Morgan fingerprint density at radius 2 is 1.60 bits per heavy atom. The number of carbonyl (C=O) groups excluding carboxylic acids is 3. The fraction of sp³-hybridized carbons (Fsp3) is 0.737. The van der Waals surface area contributed by atoms with Gasteiger partial charge in [-0.15, -0.1) is 0 Å². The lowest BCUT2D eigenvalue weighted by atomic mass is 10.1. The van der Waals surface area contributed by atoms with Crippen molar-refractivity contribution in [3.8, 4) is 0 Å². The largest absolute Gasteiger partial charge is 0.340 e. The lowest BCUT2D eigenvalue weighted by Crippen LogP contribution is -2.51. The standard InChI is InChI=1S/C19H31N3O3/c1-15(2)6-4-5-9-20-10-12-21(13-11-20)19(25)16(3)14-22-17(23)7-8-18(22)24/h7-8,15-16H,4-6,9-14H2,1-3H3. The molecule has 0 N–H and O–H groups in total. The molecule has 2 aliphatic rings. The average Bonchev–Trinajstić information content (AvgIpc) is 2.90. The molecule has 0 radical (unpaired) electrons. The molecule has 3 amide bonds. The molecule has 2 heterocycles. The molecule has 1 unspecified atom stereocenters. The third-order valence-electron chi connectivity index (χ3n) is 4.97. The summed E-state index contributed by atoms with van der Waals surface area (Å²) in [5.74, 6) is -0.204. The first-order valence-electron chi connectivity index (χ1n) is 9.43. The van der Waals surface area contributed by atoms with Gasteiger partial charge in [-0.05, 0) is 18.9 Å². The summed E-state index contributed by atoms with van der Waals surface area (Å²) in [5, 5.41) is 0. The molecule has 0 aliphatic carbocycles. The van der Waals surface area contributed by atoms with Crippen molar-refractivity contribution >= 4 is 17.7 Å². The summed E-state index contributed by atoms with van der Waals surface area (Å²) in [7, 11) is 0. The molecule has 1 saturated heterocycles. The van der Waals surface area contributed by atoms with Crippen molar-refractivity contribution in [3.05, 3.63) is 12.2 Å². The van der Waals surface area contributed by atoms with Crippen LogP contribution in [0.3, 0.4) is 0 Å². The van der Waals surface area contributed by atoms with Gasteiger partial charge in [0.2, 0.25) is 5.91 Å². The van der Waals surface area contributed by atoms with E-state index in [1.807, 2.05) is 4.90 Å². The number of unbranched alkanes of at least 4 members (excludes halogenated alkanes) is 1. The van der Waals surface area contributed by atoms with Gasteiger partial charge in [0.05, 0.1) is 5.92 Å². The predicted octanol–water partition coefficient (Wildman–Crippen LogP) is 1.52. The molecular formula is C19H31N3O3. The summed E-state index contributed by atoms with van der Waals surface area (Å²) in [6.07, 6.45) is 6.28. The number of amides is 3. The number of hydrogen-bond acceptors (Lipinski definition) is 4. The van der Waals surface area contributed by atoms with E-state index >= 15 is 0 Å². The SMILES string of the molecule is CC(C)CCCCN1CCN(C(=O)C(C)CN2C(=O)C=CC2=O)CC1. The normalized spacial score (nSPS) is 20.0. The van der Waals surface area contributed by atoms with Crippen molar-refractivity contribution in [2.75, 3.05) is 39.3 Å². The van der Waals surface area contributed by atoms with Crippen LogP contribution in [0.1, 0.15) is 40.0 Å². The highest BCUT2D eigenvalue weighted by molar-refractivity contribution is 6.13. The summed E-state index contributed by atoms with van der Waals surface area (Å²) < 4.78 is 0. The second-order valence-electron chi connectivity index (χ2n) is 7.58. The van der Waals surface area contributed by atoms with Crippen LogP contribution in [0.25, 0.3) is 0 Å². The van der Waals surface area contributed by atoms with Gasteiger partial charge in [-0.2, -0.15) is 0 Å². The monoisotopic (exact) mass is 349 g/mol. The number of rotatable bonds is 8. The number of imide groups is 1.